The minimum Gasteiger partial charge on any atom is -0.373 e. The number of nitrogens with one attached hydrogen (secondary N) is 1. The first kappa shape index (κ1) is 17.8. The maximum absolute atomic E-state index is 12.1. The van der Waals surface area contributed by atoms with Crippen molar-refractivity contribution in [2.75, 3.05) is 42.3 Å². The Bertz CT molecular complexity index is 823. The molecule has 0 radical (unpaired) electrons. The van der Waals surface area contributed by atoms with E-state index in [-0.39, 0.29) is 5.91 Å². The van der Waals surface area contributed by atoms with Crippen LogP contribution in [0.2, 0.25) is 0 Å². The van der Waals surface area contributed by atoms with Crippen LogP contribution in [-0.2, 0) is 0 Å². The quantitative estimate of drug-likeness (QED) is 0.691. The fraction of sp³-hybridized carbons (Fsp3) is 0.222. The molecule has 26 heavy (non-hydrogen) atoms. The Morgan fingerprint density at radius 1 is 1.08 bits per heavy atom. The van der Waals surface area contributed by atoms with Crippen molar-refractivity contribution in [1.82, 2.24) is 15.2 Å². The number of aromatic nitrogens is 3. The topological polar surface area (TPSA) is 74.2 Å². The standard InChI is InChI=1S/C18H20N6OS/c1-23(15-6-4-3-5-7-15)10-11-24(2)16-9-8-14(12-19-16)17(25)21-18-22-20-13-26-18/h3-9,12-13H,10-11H2,1-2H3,(H,21,22,25). The summed E-state index contributed by atoms with van der Waals surface area (Å²) in [6.07, 6.45) is 1.57. The maximum atomic E-state index is 12.1. The third-order valence-electron chi connectivity index (χ3n) is 3.95. The number of nitrogens with zero attached hydrogens (tertiary/aromatic N) is 5. The van der Waals surface area contributed by atoms with Gasteiger partial charge in [0, 0.05) is 39.1 Å². The molecule has 0 saturated heterocycles. The van der Waals surface area contributed by atoms with Crippen LogP contribution in [0.1, 0.15) is 10.4 Å². The van der Waals surface area contributed by atoms with Crippen molar-refractivity contribution >= 4 is 33.9 Å². The number of carbonyl (C=O) groups is 1. The Labute approximate surface area is 156 Å². The van der Waals surface area contributed by atoms with Crippen molar-refractivity contribution < 1.29 is 4.79 Å². The monoisotopic (exact) mass is 368 g/mol. The lowest BCUT2D eigenvalue weighted by molar-refractivity contribution is 0.102. The van der Waals surface area contributed by atoms with Crippen molar-refractivity contribution in [3.05, 3.63) is 59.7 Å². The number of benzene rings is 1. The third-order valence-corrected chi connectivity index (χ3v) is 4.56. The van der Waals surface area contributed by atoms with Crippen LogP contribution in [-0.4, -0.2) is 48.3 Å². The fourth-order valence-electron chi connectivity index (χ4n) is 2.37. The molecule has 7 nitrogen and oxygen atoms in total. The average molecular weight is 368 g/mol. The Morgan fingerprint density at radius 3 is 2.50 bits per heavy atom. The first-order chi connectivity index (χ1) is 12.6. The van der Waals surface area contributed by atoms with E-state index < -0.39 is 0 Å². The molecule has 2 heterocycles. The van der Waals surface area contributed by atoms with Crippen LogP contribution < -0.4 is 15.1 Å². The van der Waals surface area contributed by atoms with Crippen LogP contribution in [0.25, 0.3) is 0 Å². The second kappa shape index (κ2) is 8.39. The van der Waals surface area contributed by atoms with E-state index in [4.69, 9.17) is 0 Å². The first-order valence-electron chi connectivity index (χ1n) is 8.14. The fourth-order valence-corrected chi connectivity index (χ4v) is 2.81. The summed E-state index contributed by atoms with van der Waals surface area (Å²) in [7, 11) is 4.06. The van der Waals surface area contributed by atoms with Gasteiger partial charge in [0.05, 0.1) is 5.56 Å². The molecule has 3 aromatic rings. The minimum atomic E-state index is -0.243. The second-order valence-electron chi connectivity index (χ2n) is 5.78. The lowest BCUT2D eigenvalue weighted by atomic mass is 10.2. The molecule has 3 rings (SSSR count). The van der Waals surface area contributed by atoms with E-state index in [1.165, 1.54) is 17.0 Å². The Morgan fingerprint density at radius 2 is 1.85 bits per heavy atom. The molecule has 0 unspecified atom stereocenters. The molecule has 0 bridgehead atoms. The maximum Gasteiger partial charge on any atom is 0.259 e. The highest BCUT2D eigenvalue weighted by atomic mass is 32.1. The van der Waals surface area contributed by atoms with Gasteiger partial charge in [0.15, 0.2) is 0 Å². The van der Waals surface area contributed by atoms with E-state index in [0.717, 1.165) is 18.9 Å². The van der Waals surface area contributed by atoms with Crippen molar-refractivity contribution in [2.24, 2.45) is 0 Å². The second-order valence-corrected chi connectivity index (χ2v) is 6.61. The normalized spacial score (nSPS) is 10.4. The van der Waals surface area contributed by atoms with Crippen molar-refractivity contribution in [3.8, 4) is 0 Å². The summed E-state index contributed by atoms with van der Waals surface area (Å²) in [4.78, 5) is 20.8. The molecule has 0 spiro atoms. The highest BCUT2D eigenvalue weighted by Gasteiger charge is 2.10. The number of anilines is 3. The van der Waals surface area contributed by atoms with Gasteiger partial charge in [-0.25, -0.2) is 4.98 Å². The molecular weight excluding hydrogens is 348 g/mol. The summed E-state index contributed by atoms with van der Waals surface area (Å²) in [5.41, 5.74) is 3.23. The third kappa shape index (κ3) is 4.54. The molecular formula is C18H20N6OS. The highest BCUT2D eigenvalue weighted by Crippen LogP contribution is 2.14. The lowest BCUT2D eigenvalue weighted by Crippen LogP contribution is -2.31. The van der Waals surface area contributed by atoms with E-state index in [1.54, 1.807) is 17.8 Å². The minimum absolute atomic E-state index is 0.243. The van der Waals surface area contributed by atoms with Crippen molar-refractivity contribution in [2.45, 2.75) is 0 Å². The van der Waals surface area contributed by atoms with Crippen LogP contribution in [0, 0.1) is 0 Å². The highest BCUT2D eigenvalue weighted by molar-refractivity contribution is 7.13. The van der Waals surface area contributed by atoms with Gasteiger partial charge >= 0.3 is 0 Å². The largest absolute Gasteiger partial charge is 0.373 e. The molecule has 1 N–H and O–H groups in total. The number of carbonyl (C=O) groups excluding carboxylic acids is 1. The number of hydrogen-bond donors (Lipinski definition) is 1. The zero-order chi connectivity index (χ0) is 18.4. The van der Waals surface area contributed by atoms with Crippen molar-refractivity contribution in [3.63, 3.8) is 0 Å². The predicted octanol–water partition coefficient (Wildman–Crippen LogP) is 2.76. The smallest absolute Gasteiger partial charge is 0.259 e. The number of rotatable bonds is 7. The Balaban J connectivity index is 1.55. The number of amides is 1. The summed E-state index contributed by atoms with van der Waals surface area (Å²) >= 11 is 1.27. The Hall–Kier alpha value is -3.00. The van der Waals surface area contributed by atoms with Gasteiger partial charge in [0.1, 0.15) is 11.3 Å². The summed E-state index contributed by atoms with van der Waals surface area (Å²) in [5, 5.41) is 10.7. The van der Waals surface area contributed by atoms with Crippen LogP contribution >= 0.6 is 11.3 Å². The summed E-state index contributed by atoms with van der Waals surface area (Å²) in [5.74, 6) is 0.575. The van der Waals surface area contributed by atoms with E-state index in [9.17, 15) is 4.79 Å². The van der Waals surface area contributed by atoms with Crippen LogP contribution in [0.15, 0.2) is 54.2 Å². The van der Waals surface area contributed by atoms with Gasteiger partial charge in [-0.3, -0.25) is 10.1 Å². The lowest BCUT2D eigenvalue weighted by Gasteiger charge is -2.24. The van der Waals surface area contributed by atoms with Gasteiger partial charge in [-0.15, -0.1) is 10.2 Å². The van der Waals surface area contributed by atoms with E-state index in [2.05, 4.69) is 49.5 Å². The molecule has 0 saturated carbocycles. The summed E-state index contributed by atoms with van der Waals surface area (Å²) in [6, 6.07) is 13.8. The number of likely N-dealkylation sites (N-methyl/N-ethyl adjacent to an activating group) is 2. The van der Waals surface area contributed by atoms with Crippen LogP contribution in [0.5, 0.6) is 0 Å². The van der Waals surface area contributed by atoms with E-state index >= 15 is 0 Å². The average Bonchev–Trinajstić information content (AvgIpc) is 3.19. The van der Waals surface area contributed by atoms with Gasteiger partial charge in [-0.05, 0) is 24.3 Å². The molecule has 134 valence electrons. The molecule has 2 aromatic heterocycles. The molecule has 0 aliphatic rings. The summed E-state index contributed by atoms with van der Waals surface area (Å²) in [6.45, 7) is 1.68. The molecule has 1 aromatic carbocycles. The molecule has 0 atom stereocenters. The van der Waals surface area contributed by atoms with Gasteiger partial charge in [0.2, 0.25) is 5.13 Å². The first-order valence-corrected chi connectivity index (χ1v) is 9.02. The summed E-state index contributed by atoms with van der Waals surface area (Å²) < 4.78 is 0. The Kier molecular flexibility index (Phi) is 5.75. The van der Waals surface area contributed by atoms with Gasteiger partial charge in [0.25, 0.3) is 5.91 Å². The van der Waals surface area contributed by atoms with Crippen LogP contribution in [0.4, 0.5) is 16.6 Å². The van der Waals surface area contributed by atoms with E-state index in [1.807, 2.05) is 31.3 Å². The zero-order valence-electron chi connectivity index (χ0n) is 14.7. The van der Waals surface area contributed by atoms with Gasteiger partial charge in [-0.1, -0.05) is 29.5 Å². The van der Waals surface area contributed by atoms with Crippen LogP contribution in [0.3, 0.4) is 0 Å². The van der Waals surface area contributed by atoms with E-state index in [0.29, 0.717) is 10.7 Å². The van der Waals surface area contributed by atoms with Gasteiger partial charge in [-0.2, -0.15) is 0 Å². The number of pyridine rings is 1. The molecule has 8 heteroatoms. The number of para-hydroxylation sites is 1. The molecule has 0 aliphatic heterocycles. The predicted molar refractivity (Wildman–Crippen MR) is 105 cm³/mol. The van der Waals surface area contributed by atoms with Crippen molar-refractivity contribution in [1.29, 1.82) is 0 Å². The zero-order valence-corrected chi connectivity index (χ0v) is 15.5. The molecule has 0 fully saturated rings. The SMILES string of the molecule is CN(CCN(C)c1ccc(C(=O)Nc2nncs2)cn1)c1ccccc1. The molecule has 0 aliphatic carbocycles. The van der Waals surface area contributed by atoms with Gasteiger partial charge < -0.3 is 9.80 Å². The number of hydrogen-bond acceptors (Lipinski definition) is 7. The molecule has 1 amide bonds.